The van der Waals surface area contributed by atoms with Crippen molar-refractivity contribution in [3.05, 3.63) is 65.4 Å². The SMILES string of the molecule is CO.N#CC1(C(/C=C\N)=C/N)CCN(Cc2cc(C(=O)NC3CCCCC3)nc3c(F)cccc23)CC1. The van der Waals surface area contributed by atoms with E-state index >= 15 is 0 Å². The van der Waals surface area contributed by atoms with Crippen molar-refractivity contribution in [1.82, 2.24) is 15.2 Å². The van der Waals surface area contributed by atoms with E-state index < -0.39 is 11.2 Å². The summed E-state index contributed by atoms with van der Waals surface area (Å²) in [5.74, 6) is -0.693. The number of hydrogen-bond acceptors (Lipinski definition) is 7. The van der Waals surface area contributed by atoms with Gasteiger partial charge in [0.05, 0.1) is 11.5 Å². The molecule has 1 amide bonds. The van der Waals surface area contributed by atoms with Gasteiger partial charge in [-0.3, -0.25) is 9.69 Å². The molecule has 0 atom stereocenters. The third-order valence-electron chi connectivity index (χ3n) is 7.37. The van der Waals surface area contributed by atoms with Gasteiger partial charge in [-0.05, 0) is 67.4 Å². The number of carbonyl (C=O) groups is 1. The summed E-state index contributed by atoms with van der Waals surface area (Å²) in [4.78, 5) is 19.6. The maximum atomic E-state index is 14.7. The molecule has 1 aromatic carbocycles. The zero-order valence-corrected chi connectivity index (χ0v) is 21.4. The van der Waals surface area contributed by atoms with E-state index in [1.807, 2.05) is 6.07 Å². The first-order chi connectivity index (χ1) is 18.0. The second-order valence-electron chi connectivity index (χ2n) is 9.56. The Morgan fingerprint density at radius 3 is 2.59 bits per heavy atom. The minimum Gasteiger partial charge on any atom is -0.405 e. The number of piperidine rings is 1. The van der Waals surface area contributed by atoms with Crippen LogP contribution in [0, 0.1) is 22.6 Å². The number of para-hydroxylation sites is 1. The van der Waals surface area contributed by atoms with E-state index in [9.17, 15) is 14.4 Å². The third kappa shape index (κ3) is 6.45. The van der Waals surface area contributed by atoms with Crippen LogP contribution in [0.5, 0.6) is 0 Å². The number of aromatic nitrogens is 1. The predicted molar refractivity (Wildman–Crippen MR) is 142 cm³/mol. The van der Waals surface area contributed by atoms with Gasteiger partial charge in [-0.2, -0.15) is 5.26 Å². The first-order valence-electron chi connectivity index (χ1n) is 12.8. The molecule has 2 aromatic rings. The molecule has 1 aliphatic heterocycles. The number of nitriles is 1. The van der Waals surface area contributed by atoms with Gasteiger partial charge in [0.1, 0.15) is 17.0 Å². The highest BCUT2D eigenvalue weighted by molar-refractivity contribution is 5.96. The van der Waals surface area contributed by atoms with Crippen LogP contribution in [0.2, 0.25) is 0 Å². The first kappa shape index (κ1) is 28.1. The lowest BCUT2D eigenvalue weighted by Gasteiger charge is -2.38. The summed E-state index contributed by atoms with van der Waals surface area (Å²) < 4.78 is 14.7. The molecule has 0 bridgehead atoms. The third-order valence-corrected chi connectivity index (χ3v) is 7.37. The van der Waals surface area contributed by atoms with E-state index in [1.54, 1.807) is 18.2 Å². The van der Waals surface area contributed by atoms with E-state index in [2.05, 4.69) is 21.3 Å². The largest absolute Gasteiger partial charge is 0.405 e. The second-order valence-corrected chi connectivity index (χ2v) is 9.56. The van der Waals surface area contributed by atoms with Crippen LogP contribution in [0.25, 0.3) is 10.9 Å². The minimum absolute atomic E-state index is 0.145. The van der Waals surface area contributed by atoms with Gasteiger partial charge in [0.25, 0.3) is 5.91 Å². The molecular weight excluding hydrogens is 471 g/mol. The van der Waals surface area contributed by atoms with E-state index in [-0.39, 0.29) is 23.2 Å². The number of likely N-dealkylation sites (tertiary alicyclic amines) is 1. The Morgan fingerprint density at radius 2 is 1.97 bits per heavy atom. The highest BCUT2D eigenvalue weighted by Gasteiger charge is 2.37. The quantitative estimate of drug-likeness (QED) is 0.438. The maximum Gasteiger partial charge on any atom is 0.270 e. The van der Waals surface area contributed by atoms with E-state index in [0.717, 1.165) is 43.9 Å². The number of fused-ring (bicyclic) bond motifs is 1. The minimum atomic E-state index is -0.682. The Morgan fingerprint density at radius 1 is 1.27 bits per heavy atom. The van der Waals surface area contributed by atoms with Crippen LogP contribution in [0.4, 0.5) is 4.39 Å². The van der Waals surface area contributed by atoms with Gasteiger partial charge in [-0.15, -0.1) is 0 Å². The van der Waals surface area contributed by atoms with E-state index in [1.165, 1.54) is 24.9 Å². The summed E-state index contributed by atoms with van der Waals surface area (Å²) in [7, 11) is 1.00. The number of nitrogens with zero attached hydrogens (tertiary/aromatic N) is 3. The molecule has 6 N–H and O–H groups in total. The molecule has 0 spiro atoms. The lowest BCUT2D eigenvalue weighted by Crippen LogP contribution is -2.40. The molecule has 2 heterocycles. The van der Waals surface area contributed by atoms with Crippen LogP contribution in [0.15, 0.2) is 48.3 Å². The number of halogens is 1. The van der Waals surface area contributed by atoms with Gasteiger partial charge in [0.15, 0.2) is 0 Å². The van der Waals surface area contributed by atoms with E-state index in [0.29, 0.717) is 37.9 Å². The number of hydrogen-bond donors (Lipinski definition) is 4. The van der Waals surface area contributed by atoms with Crippen molar-refractivity contribution in [3.8, 4) is 6.07 Å². The number of nitrogens with one attached hydrogen (secondary N) is 1. The summed E-state index contributed by atoms with van der Waals surface area (Å²) in [6.07, 6.45) is 11.1. The zero-order chi connectivity index (χ0) is 26.8. The van der Waals surface area contributed by atoms with Crippen LogP contribution in [0.1, 0.15) is 61.0 Å². The van der Waals surface area contributed by atoms with Crippen molar-refractivity contribution in [3.63, 3.8) is 0 Å². The maximum absolute atomic E-state index is 14.7. The smallest absolute Gasteiger partial charge is 0.270 e. The zero-order valence-electron chi connectivity index (χ0n) is 21.4. The van der Waals surface area contributed by atoms with Crippen molar-refractivity contribution in [2.24, 2.45) is 16.9 Å². The molecule has 1 aromatic heterocycles. The molecule has 8 nitrogen and oxygen atoms in total. The number of pyridine rings is 1. The Kier molecular flexibility index (Phi) is 10.0. The number of amides is 1. The molecule has 9 heteroatoms. The monoisotopic (exact) mass is 508 g/mol. The normalized spacial score (nSPS) is 18.7. The average molecular weight is 509 g/mol. The van der Waals surface area contributed by atoms with Gasteiger partial charge in [0, 0.05) is 38.2 Å². The standard InChI is InChI=1S/C27H33FN6O.CH4O/c28-23-8-4-7-22-19(15-24(33-25(22)23)26(35)32-21-5-2-1-3-6-21)17-34-13-10-27(18-31,11-14-34)20(16-30)9-12-29;1-2/h4,7-9,12,15-16,21H,1-3,5-6,10-11,13-14,17,29-30H2,(H,32,35);2H,1H3/b12-9-,20-16+;. The Hall–Kier alpha value is -3.48. The first-order valence-corrected chi connectivity index (χ1v) is 12.8. The lowest BCUT2D eigenvalue weighted by atomic mass is 9.73. The number of rotatable bonds is 6. The number of nitrogens with two attached hydrogens (primary N) is 2. The highest BCUT2D eigenvalue weighted by atomic mass is 19.1. The topological polar surface area (TPSA) is 141 Å². The number of allylic oxidation sites excluding steroid dienone is 2. The van der Waals surface area contributed by atoms with Gasteiger partial charge >= 0.3 is 0 Å². The van der Waals surface area contributed by atoms with E-state index in [4.69, 9.17) is 16.6 Å². The molecule has 2 aliphatic rings. The van der Waals surface area contributed by atoms with Crippen LogP contribution < -0.4 is 16.8 Å². The summed E-state index contributed by atoms with van der Waals surface area (Å²) in [6.45, 7) is 1.85. The van der Waals surface area contributed by atoms with Crippen LogP contribution >= 0.6 is 0 Å². The summed E-state index contributed by atoms with van der Waals surface area (Å²) >= 11 is 0. The highest BCUT2D eigenvalue weighted by Crippen LogP contribution is 2.39. The van der Waals surface area contributed by atoms with Crippen molar-refractivity contribution in [2.75, 3.05) is 20.2 Å². The Bertz CT molecular complexity index is 1180. The predicted octanol–water partition coefficient (Wildman–Crippen LogP) is 3.47. The second kappa shape index (κ2) is 13.2. The summed E-state index contributed by atoms with van der Waals surface area (Å²) in [5, 5.41) is 20.7. The molecule has 0 unspecified atom stereocenters. The van der Waals surface area contributed by atoms with Crippen molar-refractivity contribution < 1.29 is 14.3 Å². The Balaban J connectivity index is 0.00000186. The number of carbonyl (C=O) groups excluding carboxylic acids is 1. The molecule has 198 valence electrons. The number of aliphatic hydroxyl groups excluding tert-OH is 1. The molecule has 1 aliphatic carbocycles. The fraction of sp³-hybridized carbons (Fsp3) is 0.464. The molecule has 37 heavy (non-hydrogen) atoms. The van der Waals surface area contributed by atoms with Crippen LogP contribution in [-0.2, 0) is 6.54 Å². The van der Waals surface area contributed by atoms with Gasteiger partial charge < -0.3 is 21.9 Å². The molecule has 1 saturated heterocycles. The van der Waals surface area contributed by atoms with Crippen molar-refractivity contribution in [2.45, 2.75) is 57.5 Å². The number of aliphatic hydroxyl groups is 1. The van der Waals surface area contributed by atoms with Crippen molar-refractivity contribution in [1.29, 1.82) is 5.26 Å². The molecule has 1 saturated carbocycles. The van der Waals surface area contributed by atoms with Gasteiger partial charge in [0.2, 0.25) is 0 Å². The Labute approximate surface area is 217 Å². The average Bonchev–Trinajstić information content (AvgIpc) is 2.94. The van der Waals surface area contributed by atoms with Gasteiger partial charge in [-0.1, -0.05) is 31.4 Å². The molecular formula is C28H37FN6O2. The van der Waals surface area contributed by atoms with Gasteiger partial charge in [-0.25, -0.2) is 9.37 Å². The van der Waals surface area contributed by atoms with Crippen molar-refractivity contribution >= 4 is 16.8 Å². The molecule has 4 rings (SSSR count). The summed E-state index contributed by atoms with van der Waals surface area (Å²) in [5.41, 5.74) is 12.7. The number of benzene rings is 1. The molecule has 0 radical (unpaired) electrons. The fourth-order valence-electron chi connectivity index (χ4n) is 5.31. The fourth-order valence-corrected chi connectivity index (χ4v) is 5.31. The summed E-state index contributed by atoms with van der Waals surface area (Å²) in [6, 6.07) is 9.25. The van der Waals surface area contributed by atoms with Crippen LogP contribution in [-0.4, -0.2) is 47.1 Å². The molecule has 2 fully saturated rings. The lowest BCUT2D eigenvalue weighted by molar-refractivity contribution is 0.0922. The van der Waals surface area contributed by atoms with Crippen LogP contribution in [0.3, 0.4) is 0 Å².